The minimum Gasteiger partial charge on any atom is -0.462 e. The van der Waals surface area contributed by atoms with E-state index in [9.17, 15) is 9.59 Å². The molecule has 0 bridgehead atoms. The van der Waals surface area contributed by atoms with Crippen molar-refractivity contribution in [3.05, 3.63) is 134 Å². The molecule has 0 heterocycles. The molecule has 5 nitrogen and oxygen atoms in total. The summed E-state index contributed by atoms with van der Waals surface area (Å²) in [4.78, 5) is 25.4. The Hall–Kier alpha value is -3.96. The van der Waals surface area contributed by atoms with Crippen molar-refractivity contribution in [2.24, 2.45) is 0 Å². The topological polar surface area (TPSA) is 61.8 Å². The molecule has 0 fully saturated rings. The van der Waals surface area contributed by atoms with Crippen molar-refractivity contribution in [2.45, 2.75) is 219 Å². The summed E-state index contributed by atoms with van der Waals surface area (Å²) in [5.41, 5.74) is 0. The second-order valence-electron chi connectivity index (χ2n) is 17.0. The second kappa shape index (κ2) is 55.4. The molecule has 5 heteroatoms. The number of esters is 2. The van der Waals surface area contributed by atoms with Crippen LogP contribution in [0.1, 0.15) is 213 Å². The average molecular weight is 911 g/mol. The van der Waals surface area contributed by atoms with E-state index in [-0.39, 0.29) is 31.6 Å². The van der Waals surface area contributed by atoms with Crippen molar-refractivity contribution in [1.82, 2.24) is 0 Å². The number of carbonyl (C=O) groups is 2. The molecule has 0 aromatic carbocycles. The standard InChI is InChI=1S/C61H98O5/c1-4-7-10-13-16-19-22-25-28-30-31-32-34-36-39-42-45-48-51-54-60(62)65-58-59(57-64-56-53-50-47-44-41-38-35-29-26-23-20-17-14-11-8-5-2)66-61(63)55-52-49-46-43-40-37-33-27-24-21-18-15-12-9-6-3/h7,9-10,12,16-21,25-29,31-33,40,43,49,52,59H,4-6,8,11,13-15,22-24,30,34-39,41-42,44-48,50-51,53-58H2,1-3H3/b10-7-,12-9-,19-16-,20-17-,21-18-,28-25-,29-26-,32-31-,33-27-,43-40-,52-49-. The predicted octanol–water partition coefficient (Wildman–Crippen LogP) is 18.3. The highest BCUT2D eigenvalue weighted by atomic mass is 16.6. The Balaban J connectivity index is 4.45. The Bertz CT molecular complexity index is 1400. The molecular weight excluding hydrogens is 813 g/mol. The van der Waals surface area contributed by atoms with Crippen molar-refractivity contribution in [3.8, 4) is 0 Å². The summed E-state index contributed by atoms with van der Waals surface area (Å²) in [7, 11) is 0. The van der Waals surface area contributed by atoms with Gasteiger partial charge in [-0.1, -0.05) is 219 Å². The quantitative estimate of drug-likeness (QED) is 0.0346. The van der Waals surface area contributed by atoms with Crippen molar-refractivity contribution in [2.75, 3.05) is 19.8 Å². The van der Waals surface area contributed by atoms with E-state index in [4.69, 9.17) is 14.2 Å². The molecule has 0 spiro atoms. The summed E-state index contributed by atoms with van der Waals surface area (Å²) in [6, 6.07) is 0. The Kier molecular flexibility index (Phi) is 52.0. The van der Waals surface area contributed by atoms with Crippen LogP contribution < -0.4 is 0 Å². The zero-order valence-corrected chi connectivity index (χ0v) is 42.7. The lowest BCUT2D eigenvalue weighted by atomic mass is 10.1. The molecule has 0 aliphatic rings. The number of rotatable bonds is 47. The summed E-state index contributed by atoms with van der Waals surface area (Å²) >= 11 is 0. The Labute approximate surface area is 407 Å². The molecule has 0 aromatic rings. The fraction of sp³-hybridized carbons (Fsp3) is 0.607. The maximum atomic E-state index is 12.8. The van der Waals surface area contributed by atoms with Crippen LogP contribution in [-0.4, -0.2) is 37.9 Å². The van der Waals surface area contributed by atoms with Gasteiger partial charge in [0.2, 0.25) is 0 Å². The molecule has 0 radical (unpaired) electrons. The third-order valence-electron chi connectivity index (χ3n) is 10.7. The summed E-state index contributed by atoms with van der Waals surface area (Å²) in [6.45, 7) is 7.42. The maximum Gasteiger partial charge on any atom is 0.310 e. The van der Waals surface area contributed by atoms with Gasteiger partial charge in [-0.3, -0.25) is 9.59 Å². The van der Waals surface area contributed by atoms with Gasteiger partial charge in [0.25, 0.3) is 0 Å². The smallest absolute Gasteiger partial charge is 0.310 e. The first kappa shape index (κ1) is 62.0. The lowest BCUT2D eigenvalue weighted by Crippen LogP contribution is -2.29. The summed E-state index contributed by atoms with van der Waals surface area (Å²) in [5.74, 6) is -0.574. The molecule has 0 aliphatic carbocycles. The third-order valence-corrected chi connectivity index (χ3v) is 10.7. The van der Waals surface area contributed by atoms with Gasteiger partial charge in [-0.15, -0.1) is 0 Å². The number of allylic oxidation sites excluding steroid dienone is 21. The van der Waals surface area contributed by atoms with E-state index in [1.165, 1.54) is 70.6 Å². The molecule has 0 saturated carbocycles. The van der Waals surface area contributed by atoms with Gasteiger partial charge in [-0.25, -0.2) is 0 Å². The maximum absolute atomic E-state index is 12.8. The first-order valence-electron chi connectivity index (χ1n) is 26.7. The minimum atomic E-state index is -0.612. The van der Waals surface area contributed by atoms with Crippen LogP contribution in [0.15, 0.2) is 134 Å². The Morgan fingerprint density at radius 3 is 1.17 bits per heavy atom. The highest BCUT2D eigenvalue weighted by Crippen LogP contribution is 2.12. The molecule has 0 N–H and O–H groups in total. The zero-order chi connectivity index (χ0) is 47.7. The molecule has 0 aliphatic heterocycles. The first-order chi connectivity index (χ1) is 32.6. The molecule has 372 valence electrons. The van der Waals surface area contributed by atoms with E-state index in [0.29, 0.717) is 13.0 Å². The largest absolute Gasteiger partial charge is 0.462 e. The van der Waals surface area contributed by atoms with E-state index < -0.39 is 6.10 Å². The van der Waals surface area contributed by atoms with E-state index in [0.717, 1.165) is 109 Å². The van der Waals surface area contributed by atoms with Gasteiger partial charge in [0.15, 0.2) is 6.10 Å². The normalized spacial score (nSPS) is 13.3. The number of hydrogen-bond donors (Lipinski definition) is 0. The monoisotopic (exact) mass is 911 g/mol. The summed E-state index contributed by atoms with van der Waals surface area (Å²) in [6.07, 6.45) is 79.1. The van der Waals surface area contributed by atoms with Crippen molar-refractivity contribution in [1.29, 1.82) is 0 Å². The third kappa shape index (κ3) is 52.7. The number of unbranched alkanes of at least 4 members (excludes halogenated alkanes) is 15. The van der Waals surface area contributed by atoms with Crippen LogP contribution in [0.5, 0.6) is 0 Å². The van der Waals surface area contributed by atoms with Crippen molar-refractivity contribution in [3.63, 3.8) is 0 Å². The van der Waals surface area contributed by atoms with Gasteiger partial charge in [0.05, 0.1) is 13.0 Å². The van der Waals surface area contributed by atoms with Crippen molar-refractivity contribution >= 4 is 11.9 Å². The van der Waals surface area contributed by atoms with Gasteiger partial charge in [0.1, 0.15) is 6.61 Å². The molecule has 0 aromatic heterocycles. The van der Waals surface area contributed by atoms with Gasteiger partial charge in [-0.2, -0.15) is 0 Å². The van der Waals surface area contributed by atoms with E-state index in [1.807, 2.05) is 12.2 Å². The van der Waals surface area contributed by atoms with Gasteiger partial charge < -0.3 is 14.2 Å². The van der Waals surface area contributed by atoms with Crippen LogP contribution in [0.4, 0.5) is 0 Å². The van der Waals surface area contributed by atoms with Gasteiger partial charge in [0, 0.05) is 13.0 Å². The average Bonchev–Trinajstić information content (AvgIpc) is 3.32. The fourth-order valence-corrected chi connectivity index (χ4v) is 6.78. The van der Waals surface area contributed by atoms with E-state index in [1.54, 1.807) is 0 Å². The first-order valence-corrected chi connectivity index (χ1v) is 26.7. The second-order valence-corrected chi connectivity index (χ2v) is 17.0. The lowest BCUT2D eigenvalue weighted by Gasteiger charge is -2.18. The number of hydrogen-bond acceptors (Lipinski definition) is 5. The van der Waals surface area contributed by atoms with Crippen LogP contribution in [-0.2, 0) is 23.8 Å². The zero-order valence-electron chi connectivity index (χ0n) is 42.7. The minimum absolute atomic E-state index is 0.0250. The molecule has 1 atom stereocenters. The van der Waals surface area contributed by atoms with Crippen LogP contribution in [0, 0.1) is 0 Å². The predicted molar refractivity (Wildman–Crippen MR) is 288 cm³/mol. The number of ether oxygens (including phenoxy) is 3. The molecular formula is C61H98O5. The van der Waals surface area contributed by atoms with Crippen LogP contribution in [0.3, 0.4) is 0 Å². The summed E-state index contributed by atoms with van der Waals surface area (Å²) in [5, 5.41) is 0. The van der Waals surface area contributed by atoms with Gasteiger partial charge in [-0.05, 0) is 116 Å². The Morgan fingerprint density at radius 1 is 0.364 bits per heavy atom. The molecule has 0 amide bonds. The molecule has 0 saturated heterocycles. The highest BCUT2D eigenvalue weighted by molar-refractivity contribution is 5.71. The molecule has 0 rings (SSSR count). The van der Waals surface area contributed by atoms with E-state index in [2.05, 4.69) is 142 Å². The SMILES string of the molecule is CC/C=C\C/C=C\C/C=C\C/C=C\C/C=C\CC(=O)OC(COCCCCCCCC/C=C\C/C=C\CCCCC)COC(=O)CCCCCCCC/C=C\C/C=C\C/C=C\C/C=C\CC. The Morgan fingerprint density at radius 2 is 0.727 bits per heavy atom. The van der Waals surface area contributed by atoms with Crippen molar-refractivity contribution < 1.29 is 23.8 Å². The molecule has 66 heavy (non-hydrogen) atoms. The highest BCUT2D eigenvalue weighted by Gasteiger charge is 2.17. The van der Waals surface area contributed by atoms with Crippen LogP contribution in [0.2, 0.25) is 0 Å². The van der Waals surface area contributed by atoms with E-state index >= 15 is 0 Å². The lowest BCUT2D eigenvalue weighted by molar-refractivity contribution is -0.162. The van der Waals surface area contributed by atoms with Crippen LogP contribution >= 0.6 is 0 Å². The van der Waals surface area contributed by atoms with Gasteiger partial charge >= 0.3 is 11.9 Å². The van der Waals surface area contributed by atoms with Crippen LogP contribution in [0.25, 0.3) is 0 Å². The number of carbonyl (C=O) groups excluding carboxylic acids is 2. The fourth-order valence-electron chi connectivity index (χ4n) is 6.78. The molecule has 1 unspecified atom stereocenters. The summed E-state index contributed by atoms with van der Waals surface area (Å²) < 4.78 is 17.3.